The summed E-state index contributed by atoms with van der Waals surface area (Å²) in [6.45, 7) is 4.28. The molecule has 0 aliphatic rings. The van der Waals surface area contributed by atoms with Crippen LogP contribution in [-0.2, 0) is 4.79 Å². The van der Waals surface area contributed by atoms with Gasteiger partial charge in [-0.15, -0.1) is 0 Å². The van der Waals surface area contributed by atoms with E-state index in [2.05, 4.69) is 43.5 Å². The van der Waals surface area contributed by atoms with Gasteiger partial charge in [0.1, 0.15) is 0 Å². The van der Waals surface area contributed by atoms with Gasteiger partial charge in [0.25, 0.3) is 0 Å². The van der Waals surface area contributed by atoms with E-state index in [1.54, 1.807) is 6.08 Å². The van der Waals surface area contributed by atoms with E-state index in [1.807, 2.05) is 6.08 Å². The van der Waals surface area contributed by atoms with Crippen molar-refractivity contribution < 1.29 is 15.0 Å². The number of hydrogen-bond donors (Lipinski definition) is 3. The van der Waals surface area contributed by atoms with Gasteiger partial charge < -0.3 is 15.5 Å². The molecule has 0 aliphatic heterocycles. The molecule has 0 heterocycles. The maximum absolute atomic E-state index is 12.3. The average Bonchev–Trinajstić information content (AvgIpc) is 3.07. The number of rotatable bonds is 37. The topological polar surface area (TPSA) is 69.6 Å². The highest BCUT2D eigenvalue weighted by Gasteiger charge is 2.17. The fourth-order valence-corrected chi connectivity index (χ4v) is 6.15. The Labute approximate surface area is 293 Å². The summed E-state index contributed by atoms with van der Waals surface area (Å²) in [5.41, 5.74) is 0. The Bertz CT molecular complexity index is 716. The molecule has 0 spiro atoms. The van der Waals surface area contributed by atoms with Crippen LogP contribution in [0, 0.1) is 0 Å². The van der Waals surface area contributed by atoms with Crippen LogP contribution in [0.2, 0.25) is 0 Å². The summed E-state index contributed by atoms with van der Waals surface area (Å²) < 4.78 is 0. The molecule has 0 saturated heterocycles. The number of carbonyl (C=O) groups is 1. The Morgan fingerprint density at radius 2 is 0.872 bits per heavy atom. The Morgan fingerprint density at radius 3 is 1.28 bits per heavy atom. The van der Waals surface area contributed by atoms with E-state index in [9.17, 15) is 15.0 Å². The lowest BCUT2D eigenvalue weighted by Gasteiger charge is -2.20. The van der Waals surface area contributed by atoms with Crippen LogP contribution in [-0.4, -0.2) is 34.9 Å². The molecule has 0 fully saturated rings. The molecule has 47 heavy (non-hydrogen) atoms. The molecule has 2 unspecified atom stereocenters. The zero-order valence-electron chi connectivity index (χ0n) is 31.5. The van der Waals surface area contributed by atoms with Crippen LogP contribution in [0.15, 0.2) is 36.5 Å². The fourth-order valence-electron chi connectivity index (χ4n) is 6.15. The van der Waals surface area contributed by atoms with Gasteiger partial charge in [-0.2, -0.15) is 0 Å². The maximum Gasteiger partial charge on any atom is 0.220 e. The number of unbranched alkanes of at least 4 members (excludes halogenated alkanes) is 26. The molecule has 0 aromatic rings. The van der Waals surface area contributed by atoms with E-state index >= 15 is 0 Å². The lowest BCUT2D eigenvalue weighted by atomic mass is 10.0. The van der Waals surface area contributed by atoms with Crippen molar-refractivity contribution in [3.8, 4) is 0 Å². The van der Waals surface area contributed by atoms with E-state index in [4.69, 9.17) is 0 Å². The third-order valence-electron chi connectivity index (χ3n) is 9.37. The van der Waals surface area contributed by atoms with Gasteiger partial charge in [0.15, 0.2) is 0 Å². The third kappa shape index (κ3) is 35.7. The van der Waals surface area contributed by atoms with E-state index < -0.39 is 12.1 Å². The quantitative estimate of drug-likeness (QED) is 0.0459. The predicted octanol–water partition coefficient (Wildman–Crippen LogP) is 12.6. The van der Waals surface area contributed by atoms with Crippen molar-refractivity contribution in [2.24, 2.45) is 0 Å². The van der Waals surface area contributed by atoms with Crippen molar-refractivity contribution in [2.75, 3.05) is 6.61 Å². The molecule has 4 heteroatoms. The highest BCUT2D eigenvalue weighted by atomic mass is 16.3. The monoisotopic (exact) mass is 660 g/mol. The van der Waals surface area contributed by atoms with Crippen LogP contribution in [0.1, 0.15) is 213 Å². The van der Waals surface area contributed by atoms with Crippen molar-refractivity contribution in [1.82, 2.24) is 5.32 Å². The fraction of sp³-hybridized carbons (Fsp3) is 0.837. The van der Waals surface area contributed by atoms with Crippen molar-refractivity contribution in [3.63, 3.8) is 0 Å². The van der Waals surface area contributed by atoms with E-state index in [0.29, 0.717) is 6.42 Å². The molecule has 1 amide bonds. The molecular weight excluding hydrogens is 578 g/mol. The van der Waals surface area contributed by atoms with Crippen LogP contribution < -0.4 is 5.32 Å². The normalized spacial score (nSPS) is 13.4. The summed E-state index contributed by atoms with van der Waals surface area (Å²) in [7, 11) is 0. The van der Waals surface area contributed by atoms with Crippen molar-refractivity contribution in [1.29, 1.82) is 0 Å². The van der Waals surface area contributed by atoms with Gasteiger partial charge in [0.05, 0.1) is 18.8 Å². The van der Waals surface area contributed by atoms with Crippen molar-refractivity contribution >= 4 is 5.91 Å². The van der Waals surface area contributed by atoms with Gasteiger partial charge in [-0.1, -0.05) is 192 Å². The number of amides is 1. The molecule has 4 nitrogen and oxygen atoms in total. The zero-order chi connectivity index (χ0) is 34.3. The summed E-state index contributed by atoms with van der Waals surface area (Å²) in [4.78, 5) is 12.3. The first kappa shape index (κ1) is 45.6. The van der Waals surface area contributed by atoms with Gasteiger partial charge in [0.2, 0.25) is 5.91 Å². The molecule has 2 atom stereocenters. The Kier molecular flexibility index (Phi) is 37.9. The van der Waals surface area contributed by atoms with Gasteiger partial charge in [-0.25, -0.2) is 0 Å². The summed E-state index contributed by atoms with van der Waals surface area (Å²) in [6.07, 6.45) is 51.1. The van der Waals surface area contributed by atoms with Crippen molar-refractivity contribution in [3.05, 3.63) is 36.5 Å². The summed E-state index contributed by atoms with van der Waals surface area (Å²) in [5.74, 6) is -0.0671. The molecule has 0 rings (SSSR count). The van der Waals surface area contributed by atoms with E-state index in [-0.39, 0.29) is 12.5 Å². The van der Waals surface area contributed by atoms with Crippen LogP contribution in [0.25, 0.3) is 0 Å². The first-order chi connectivity index (χ1) is 23.2. The Balaban J connectivity index is 3.51. The minimum Gasteiger partial charge on any atom is -0.394 e. The average molecular weight is 660 g/mol. The number of allylic oxidation sites excluding steroid dienone is 5. The molecule has 0 aromatic carbocycles. The van der Waals surface area contributed by atoms with Crippen molar-refractivity contribution in [2.45, 2.75) is 225 Å². The van der Waals surface area contributed by atoms with Gasteiger partial charge in [0, 0.05) is 6.42 Å². The highest BCUT2D eigenvalue weighted by Crippen LogP contribution is 2.14. The summed E-state index contributed by atoms with van der Waals surface area (Å²) in [6, 6.07) is -0.619. The molecule has 276 valence electrons. The molecule has 0 aromatic heterocycles. The largest absolute Gasteiger partial charge is 0.394 e. The molecular formula is C43H81NO3. The van der Waals surface area contributed by atoms with Crippen LogP contribution >= 0.6 is 0 Å². The molecule has 0 bridgehead atoms. The van der Waals surface area contributed by atoms with Gasteiger partial charge in [-0.05, 0) is 51.4 Å². The van der Waals surface area contributed by atoms with Gasteiger partial charge in [-0.3, -0.25) is 4.79 Å². The molecule has 3 N–H and O–H groups in total. The molecule has 0 radical (unpaired) electrons. The van der Waals surface area contributed by atoms with E-state index in [0.717, 1.165) is 32.1 Å². The standard InChI is InChI=1S/C43H81NO3/c1-3-5-7-9-11-13-15-16-17-18-19-20-21-22-23-24-25-26-27-28-29-31-33-35-37-39-43(47)44-41(40-45)42(46)38-36-34-32-30-14-12-10-8-6-4-2/h15-16,18-19,36,38,41-42,45-46H,3-14,17,20-35,37,39-40H2,1-2H3,(H,44,47)/b16-15-,19-18-,38-36+. The maximum atomic E-state index is 12.3. The number of nitrogens with one attached hydrogen (secondary N) is 1. The smallest absolute Gasteiger partial charge is 0.220 e. The SMILES string of the molecule is CCCCCCC/C=C\C/C=C\CCCCCCCCCCCCCCCC(=O)NC(CO)C(O)/C=C/CCCCCCCCCC. The number of aliphatic hydroxyl groups excluding tert-OH is 2. The second-order valence-corrected chi connectivity index (χ2v) is 14.1. The zero-order valence-corrected chi connectivity index (χ0v) is 31.5. The second-order valence-electron chi connectivity index (χ2n) is 14.1. The van der Waals surface area contributed by atoms with Crippen LogP contribution in [0.3, 0.4) is 0 Å². The summed E-state index contributed by atoms with van der Waals surface area (Å²) in [5, 5.41) is 22.9. The Hall–Kier alpha value is -1.39. The first-order valence-electron chi connectivity index (χ1n) is 20.7. The molecule has 0 aliphatic carbocycles. The van der Waals surface area contributed by atoms with Gasteiger partial charge >= 0.3 is 0 Å². The minimum absolute atomic E-state index is 0.0671. The lowest BCUT2D eigenvalue weighted by molar-refractivity contribution is -0.123. The minimum atomic E-state index is -0.836. The predicted molar refractivity (Wildman–Crippen MR) is 207 cm³/mol. The second kappa shape index (κ2) is 39.1. The molecule has 0 saturated carbocycles. The third-order valence-corrected chi connectivity index (χ3v) is 9.37. The Morgan fingerprint density at radius 1 is 0.511 bits per heavy atom. The highest BCUT2D eigenvalue weighted by molar-refractivity contribution is 5.76. The first-order valence-corrected chi connectivity index (χ1v) is 20.7. The number of hydrogen-bond acceptors (Lipinski definition) is 3. The van der Waals surface area contributed by atoms with Crippen LogP contribution in [0.5, 0.6) is 0 Å². The number of carbonyl (C=O) groups excluding carboxylic acids is 1. The summed E-state index contributed by atoms with van der Waals surface area (Å²) >= 11 is 0. The lowest BCUT2D eigenvalue weighted by Crippen LogP contribution is -2.45. The van der Waals surface area contributed by atoms with Crippen LogP contribution in [0.4, 0.5) is 0 Å². The van der Waals surface area contributed by atoms with E-state index in [1.165, 1.54) is 161 Å². The number of aliphatic hydroxyl groups is 2.